The van der Waals surface area contributed by atoms with Crippen molar-refractivity contribution in [1.82, 2.24) is 0 Å². The zero-order valence-electron chi connectivity index (χ0n) is 8.36. The molecule has 0 amide bonds. The quantitative estimate of drug-likeness (QED) is 0.685. The van der Waals surface area contributed by atoms with Crippen LogP contribution in [0.1, 0.15) is 19.8 Å². The van der Waals surface area contributed by atoms with Crippen molar-refractivity contribution in [2.45, 2.75) is 24.7 Å². The van der Waals surface area contributed by atoms with E-state index in [1.54, 1.807) is 0 Å². The van der Waals surface area contributed by atoms with Crippen LogP contribution in [0, 0.1) is 0 Å². The zero-order chi connectivity index (χ0) is 9.80. The van der Waals surface area contributed by atoms with Crippen LogP contribution in [0.4, 0.5) is 0 Å². The predicted molar refractivity (Wildman–Crippen MR) is 63.4 cm³/mol. The van der Waals surface area contributed by atoms with Crippen LogP contribution in [0.2, 0.25) is 0 Å². The molecule has 0 saturated heterocycles. The Morgan fingerprint density at radius 1 is 1.00 bits per heavy atom. The minimum absolute atomic E-state index is 1.20. The zero-order valence-corrected chi connectivity index (χ0v) is 9.18. The highest BCUT2D eigenvalue weighted by molar-refractivity contribution is 8.03. The molecule has 2 rings (SSSR count). The van der Waals surface area contributed by atoms with E-state index in [1.165, 1.54) is 28.2 Å². The van der Waals surface area contributed by atoms with E-state index in [2.05, 4.69) is 49.4 Å². The van der Waals surface area contributed by atoms with E-state index < -0.39 is 0 Å². The molecule has 0 spiro atoms. The first-order valence-electron chi connectivity index (χ1n) is 4.94. The molecule has 1 aliphatic rings. The van der Waals surface area contributed by atoms with Gasteiger partial charge in [0, 0.05) is 4.90 Å². The first kappa shape index (κ1) is 9.60. The fraction of sp³-hybridized carbons (Fsp3) is 0.231. The van der Waals surface area contributed by atoms with Gasteiger partial charge in [-0.3, -0.25) is 0 Å². The van der Waals surface area contributed by atoms with Crippen LogP contribution in [0.5, 0.6) is 0 Å². The molecule has 0 N–H and O–H groups in total. The second-order valence-corrected chi connectivity index (χ2v) is 4.76. The van der Waals surface area contributed by atoms with Gasteiger partial charge in [-0.05, 0) is 36.8 Å². The molecule has 72 valence electrons. The Morgan fingerprint density at radius 3 is 2.43 bits per heavy atom. The lowest BCUT2D eigenvalue weighted by Crippen LogP contribution is -1.87. The molecule has 1 aliphatic carbocycles. The highest BCUT2D eigenvalue weighted by Gasteiger charge is 2.04. The van der Waals surface area contributed by atoms with Gasteiger partial charge in [0.2, 0.25) is 0 Å². The fourth-order valence-corrected chi connectivity index (χ4v) is 2.38. The third-order valence-electron chi connectivity index (χ3n) is 2.31. The largest absolute Gasteiger partial charge is 0.0945 e. The van der Waals surface area contributed by atoms with Gasteiger partial charge in [0.15, 0.2) is 0 Å². The summed E-state index contributed by atoms with van der Waals surface area (Å²) in [5.74, 6) is 0. The number of allylic oxidation sites excluding steroid dienone is 4. The Morgan fingerprint density at radius 2 is 1.79 bits per heavy atom. The highest BCUT2D eigenvalue weighted by Crippen LogP contribution is 2.32. The second kappa shape index (κ2) is 4.52. The average molecular weight is 202 g/mol. The van der Waals surface area contributed by atoms with Crippen molar-refractivity contribution >= 4 is 11.8 Å². The molecule has 0 atom stereocenters. The number of hydrogen-bond acceptors (Lipinski definition) is 1. The summed E-state index contributed by atoms with van der Waals surface area (Å²) in [5, 5.41) is 0. The van der Waals surface area contributed by atoms with Gasteiger partial charge < -0.3 is 0 Å². The van der Waals surface area contributed by atoms with E-state index in [0.29, 0.717) is 0 Å². The first-order chi connectivity index (χ1) is 6.84. The lowest BCUT2D eigenvalue weighted by atomic mass is 10.1. The summed E-state index contributed by atoms with van der Waals surface area (Å²) in [6.45, 7) is 2.19. The molecule has 14 heavy (non-hydrogen) atoms. The maximum Gasteiger partial charge on any atom is 0.0119 e. The molecule has 1 aromatic rings. The van der Waals surface area contributed by atoms with Crippen molar-refractivity contribution in [3.63, 3.8) is 0 Å². The fourth-order valence-electron chi connectivity index (χ4n) is 1.45. The van der Waals surface area contributed by atoms with Crippen molar-refractivity contribution in [2.75, 3.05) is 0 Å². The van der Waals surface area contributed by atoms with Crippen molar-refractivity contribution in [1.29, 1.82) is 0 Å². The SMILES string of the molecule is CC1=CC=C(Sc2ccccc2)CC1. The van der Waals surface area contributed by atoms with E-state index in [0.717, 1.165) is 0 Å². The topological polar surface area (TPSA) is 0 Å². The molecule has 0 heterocycles. The summed E-state index contributed by atoms with van der Waals surface area (Å²) in [5.41, 5.74) is 1.49. The summed E-state index contributed by atoms with van der Waals surface area (Å²) in [4.78, 5) is 2.81. The van der Waals surface area contributed by atoms with Gasteiger partial charge in [-0.2, -0.15) is 0 Å². The predicted octanol–water partition coefficient (Wildman–Crippen LogP) is 4.40. The third-order valence-corrected chi connectivity index (χ3v) is 3.42. The lowest BCUT2D eigenvalue weighted by molar-refractivity contribution is 0.949. The first-order valence-corrected chi connectivity index (χ1v) is 5.75. The molecule has 0 bridgehead atoms. The van der Waals surface area contributed by atoms with Crippen LogP contribution >= 0.6 is 11.8 Å². The van der Waals surface area contributed by atoms with Crippen LogP contribution in [-0.2, 0) is 0 Å². The Bertz CT molecular complexity index is 360. The molecule has 0 fully saturated rings. The maximum atomic E-state index is 2.25. The molecular weight excluding hydrogens is 188 g/mol. The number of benzene rings is 1. The summed E-state index contributed by atoms with van der Waals surface area (Å²) in [7, 11) is 0. The number of rotatable bonds is 2. The Balaban J connectivity index is 2.06. The van der Waals surface area contributed by atoms with Gasteiger partial charge in [-0.1, -0.05) is 47.7 Å². The van der Waals surface area contributed by atoms with Crippen molar-refractivity contribution < 1.29 is 0 Å². The van der Waals surface area contributed by atoms with Crippen molar-refractivity contribution in [2.24, 2.45) is 0 Å². The number of thioether (sulfide) groups is 1. The molecule has 0 radical (unpaired) electrons. The maximum absolute atomic E-state index is 2.25. The molecule has 1 heteroatoms. The van der Waals surface area contributed by atoms with Gasteiger partial charge in [-0.25, -0.2) is 0 Å². The second-order valence-electron chi connectivity index (χ2n) is 3.56. The molecular formula is C13H14S. The van der Waals surface area contributed by atoms with Gasteiger partial charge in [0.1, 0.15) is 0 Å². The van der Waals surface area contributed by atoms with Crippen LogP contribution in [-0.4, -0.2) is 0 Å². The molecule has 1 aromatic carbocycles. The van der Waals surface area contributed by atoms with Crippen LogP contribution in [0.25, 0.3) is 0 Å². The van der Waals surface area contributed by atoms with Crippen LogP contribution in [0.15, 0.2) is 57.9 Å². The molecule has 0 unspecified atom stereocenters. The van der Waals surface area contributed by atoms with E-state index in [1.807, 2.05) is 11.8 Å². The smallest absolute Gasteiger partial charge is 0.0119 e. The van der Waals surface area contributed by atoms with Crippen LogP contribution < -0.4 is 0 Å². The summed E-state index contributed by atoms with van der Waals surface area (Å²) >= 11 is 1.88. The van der Waals surface area contributed by atoms with E-state index in [9.17, 15) is 0 Å². The monoisotopic (exact) mass is 202 g/mol. The minimum atomic E-state index is 1.20. The molecule has 0 nitrogen and oxygen atoms in total. The lowest BCUT2D eigenvalue weighted by Gasteiger charge is -2.11. The van der Waals surface area contributed by atoms with Gasteiger partial charge in [0.25, 0.3) is 0 Å². The highest BCUT2D eigenvalue weighted by atomic mass is 32.2. The van der Waals surface area contributed by atoms with Gasteiger partial charge >= 0.3 is 0 Å². The molecule has 0 aromatic heterocycles. The minimum Gasteiger partial charge on any atom is -0.0945 e. The Hall–Kier alpha value is -0.950. The van der Waals surface area contributed by atoms with E-state index in [-0.39, 0.29) is 0 Å². The summed E-state index contributed by atoms with van der Waals surface area (Å²) < 4.78 is 0. The molecule has 0 aliphatic heterocycles. The Labute approximate surface area is 89.7 Å². The third kappa shape index (κ3) is 2.52. The Kier molecular flexibility index (Phi) is 3.10. The standard InChI is InChI=1S/C13H14S/c1-11-7-9-13(10-8-11)14-12-5-3-2-4-6-12/h2-7,9H,8,10H2,1H3. The summed E-state index contributed by atoms with van der Waals surface area (Å²) in [6.07, 6.45) is 6.89. The van der Waals surface area contributed by atoms with Crippen LogP contribution in [0.3, 0.4) is 0 Å². The normalized spacial score (nSPS) is 16.1. The summed E-state index contributed by atoms with van der Waals surface area (Å²) in [6, 6.07) is 10.6. The van der Waals surface area contributed by atoms with Gasteiger partial charge in [0.05, 0.1) is 0 Å². The van der Waals surface area contributed by atoms with Gasteiger partial charge in [-0.15, -0.1) is 0 Å². The van der Waals surface area contributed by atoms with Crippen molar-refractivity contribution in [3.05, 3.63) is 53.0 Å². The van der Waals surface area contributed by atoms with E-state index in [4.69, 9.17) is 0 Å². The van der Waals surface area contributed by atoms with Crippen molar-refractivity contribution in [3.8, 4) is 0 Å². The van der Waals surface area contributed by atoms with E-state index >= 15 is 0 Å². The average Bonchev–Trinajstić information content (AvgIpc) is 2.23. The number of hydrogen-bond donors (Lipinski definition) is 0. The molecule has 0 saturated carbocycles.